The molecule has 0 unspecified atom stereocenters. The van der Waals surface area contributed by atoms with Crippen LogP contribution in [0.15, 0.2) is 60.7 Å². The Morgan fingerprint density at radius 2 is 1.73 bits per heavy atom. The third kappa shape index (κ3) is 2.35. The van der Waals surface area contributed by atoms with Gasteiger partial charge in [0.2, 0.25) is 0 Å². The number of carbonyl (C=O) groups is 1. The average molecular weight is 291 g/mol. The van der Waals surface area contributed by atoms with E-state index in [1.165, 1.54) is 12.1 Å². The normalized spacial score (nSPS) is 10.6. The van der Waals surface area contributed by atoms with E-state index < -0.39 is 4.92 Å². The van der Waals surface area contributed by atoms with Gasteiger partial charge in [0, 0.05) is 22.8 Å². The van der Waals surface area contributed by atoms with E-state index in [4.69, 9.17) is 0 Å². The van der Waals surface area contributed by atoms with Crippen molar-refractivity contribution in [2.24, 2.45) is 0 Å². The number of nitro groups is 1. The minimum Gasteiger partial charge on any atom is -0.289 e. The minimum absolute atomic E-state index is 0.0227. The van der Waals surface area contributed by atoms with E-state index >= 15 is 0 Å². The van der Waals surface area contributed by atoms with Gasteiger partial charge in [-0.15, -0.1) is 0 Å². The zero-order valence-corrected chi connectivity index (χ0v) is 11.9. The van der Waals surface area contributed by atoms with E-state index in [2.05, 4.69) is 0 Å². The molecule has 0 spiro atoms. The minimum atomic E-state index is -0.443. The van der Waals surface area contributed by atoms with Crippen LogP contribution in [0, 0.1) is 17.0 Å². The number of hydrogen-bond donors (Lipinski definition) is 0. The Labute approximate surface area is 127 Å². The molecule has 0 fully saturated rings. The number of fused-ring (bicyclic) bond motifs is 1. The molecule has 0 bridgehead atoms. The molecule has 4 nitrogen and oxygen atoms in total. The highest BCUT2D eigenvalue weighted by Crippen LogP contribution is 2.24. The summed E-state index contributed by atoms with van der Waals surface area (Å²) in [7, 11) is 0. The van der Waals surface area contributed by atoms with Gasteiger partial charge in [-0.3, -0.25) is 14.9 Å². The Kier molecular flexibility index (Phi) is 3.43. The lowest BCUT2D eigenvalue weighted by molar-refractivity contribution is -0.385. The van der Waals surface area contributed by atoms with E-state index in [0.29, 0.717) is 16.7 Å². The summed E-state index contributed by atoms with van der Waals surface area (Å²) in [6.07, 6.45) is 0. The van der Waals surface area contributed by atoms with Crippen LogP contribution >= 0.6 is 0 Å². The van der Waals surface area contributed by atoms with Crippen molar-refractivity contribution in [2.45, 2.75) is 6.92 Å². The van der Waals surface area contributed by atoms with Crippen LogP contribution in [0.1, 0.15) is 21.5 Å². The summed E-state index contributed by atoms with van der Waals surface area (Å²) in [5, 5.41) is 12.7. The van der Waals surface area contributed by atoms with Crippen LogP contribution in [0.5, 0.6) is 0 Å². The predicted octanol–water partition coefficient (Wildman–Crippen LogP) is 4.29. The number of hydrogen-bond acceptors (Lipinski definition) is 3. The molecule has 0 radical (unpaired) electrons. The highest BCUT2D eigenvalue weighted by molar-refractivity contribution is 6.16. The molecule has 0 atom stereocenters. The van der Waals surface area contributed by atoms with Crippen molar-refractivity contribution in [3.05, 3.63) is 87.5 Å². The topological polar surface area (TPSA) is 60.2 Å². The summed E-state index contributed by atoms with van der Waals surface area (Å²) < 4.78 is 0. The standard InChI is InChI=1S/C18H13NO3/c1-12-11-14(9-10-17(12)19(21)22)18(20)16-8-4-6-13-5-2-3-7-15(13)16/h2-11H,1H3. The molecule has 0 aromatic heterocycles. The maximum absolute atomic E-state index is 12.7. The first-order valence-corrected chi connectivity index (χ1v) is 6.85. The molecule has 0 saturated carbocycles. The van der Waals surface area contributed by atoms with Crippen LogP contribution in [-0.4, -0.2) is 10.7 Å². The van der Waals surface area contributed by atoms with Crippen molar-refractivity contribution in [3.63, 3.8) is 0 Å². The van der Waals surface area contributed by atoms with Gasteiger partial charge in [-0.05, 0) is 29.8 Å². The first-order chi connectivity index (χ1) is 10.6. The monoisotopic (exact) mass is 291 g/mol. The molecule has 0 aliphatic rings. The van der Waals surface area contributed by atoms with E-state index in [1.54, 1.807) is 19.1 Å². The van der Waals surface area contributed by atoms with Gasteiger partial charge >= 0.3 is 0 Å². The first kappa shape index (κ1) is 13.9. The number of aryl methyl sites for hydroxylation is 1. The summed E-state index contributed by atoms with van der Waals surface area (Å²) in [5.74, 6) is -0.130. The van der Waals surface area contributed by atoms with Crippen LogP contribution in [0.3, 0.4) is 0 Å². The second kappa shape index (κ2) is 5.41. The molecule has 0 N–H and O–H groups in total. The maximum atomic E-state index is 12.7. The third-order valence-corrected chi connectivity index (χ3v) is 3.69. The smallest absolute Gasteiger partial charge is 0.272 e. The molecule has 0 heterocycles. The summed E-state index contributed by atoms with van der Waals surface area (Å²) in [6.45, 7) is 1.64. The van der Waals surface area contributed by atoms with Gasteiger partial charge in [-0.25, -0.2) is 0 Å². The fourth-order valence-corrected chi connectivity index (χ4v) is 2.58. The van der Waals surface area contributed by atoms with E-state index in [-0.39, 0.29) is 11.5 Å². The zero-order chi connectivity index (χ0) is 15.7. The Bertz CT molecular complexity index is 894. The molecule has 3 aromatic carbocycles. The maximum Gasteiger partial charge on any atom is 0.272 e. The zero-order valence-electron chi connectivity index (χ0n) is 11.9. The molecule has 0 amide bonds. The fourth-order valence-electron chi connectivity index (χ4n) is 2.58. The third-order valence-electron chi connectivity index (χ3n) is 3.69. The quantitative estimate of drug-likeness (QED) is 0.411. The number of carbonyl (C=O) groups excluding carboxylic acids is 1. The molecule has 3 rings (SSSR count). The summed E-state index contributed by atoms with van der Waals surface area (Å²) in [6, 6.07) is 17.7. The Hall–Kier alpha value is -3.01. The van der Waals surface area contributed by atoms with Crippen molar-refractivity contribution in [3.8, 4) is 0 Å². The predicted molar refractivity (Wildman–Crippen MR) is 85.2 cm³/mol. The second-order valence-electron chi connectivity index (χ2n) is 5.11. The summed E-state index contributed by atoms with van der Waals surface area (Å²) >= 11 is 0. The number of rotatable bonds is 3. The van der Waals surface area contributed by atoms with Gasteiger partial charge < -0.3 is 0 Å². The van der Waals surface area contributed by atoms with Gasteiger partial charge in [-0.2, -0.15) is 0 Å². The van der Waals surface area contributed by atoms with E-state index in [1.807, 2.05) is 36.4 Å². The number of nitro benzene ring substituents is 1. The SMILES string of the molecule is Cc1cc(C(=O)c2cccc3ccccc23)ccc1[N+](=O)[O-]. The highest BCUT2D eigenvalue weighted by Gasteiger charge is 2.16. The Morgan fingerprint density at radius 1 is 1.00 bits per heavy atom. The number of nitrogens with zero attached hydrogens (tertiary/aromatic N) is 1. The largest absolute Gasteiger partial charge is 0.289 e. The van der Waals surface area contributed by atoms with Crippen molar-refractivity contribution in [2.75, 3.05) is 0 Å². The molecular formula is C18H13NO3. The van der Waals surface area contributed by atoms with Gasteiger partial charge in [0.25, 0.3) is 5.69 Å². The van der Waals surface area contributed by atoms with Crippen LogP contribution in [0.2, 0.25) is 0 Å². The fraction of sp³-hybridized carbons (Fsp3) is 0.0556. The molecule has 3 aromatic rings. The van der Waals surface area contributed by atoms with Gasteiger partial charge in [0.05, 0.1) is 4.92 Å². The molecule has 4 heteroatoms. The first-order valence-electron chi connectivity index (χ1n) is 6.85. The Balaban J connectivity index is 2.10. The van der Waals surface area contributed by atoms with Crippen LogP contribution in [-0.2, 0) is 0 Å². The number of ketones is 1. The van der Waals surface area contributed by atoms with E-state index in [0.717, 1.165) is 10.8 Å². The Morgan fingerprint density at radius 3 is 2.45 bits per heavy atom. The van der Waals surface area contributed by atoms with Gasteiger partial charge in [-0.1, -0.05) is 42.5 Å². The van der Waals surface area contributed by atoms with Crippen LogP contribution in [0.25, 0.3) is 10.8 Å². The average Bonchev–Trinajstić information content (AvgIpc) is 2.53. The lowest BCUT2D eigenvalue weighted by Crippen LogP contribution is -2.03. The van der Waals surface area contributed by atoms with Gasteiger partial charge in [0.15, 0.2) is 5.78 Å². The molecule has 22 heavy (non-hydrogen) atoms. The lowest BCUT2D eigenvalue weighted by atomic mass is 9.96. The molecule has 0 aliphatic heterocycles. The van der Waals surface area contributed by atoms with Crippen LogP contribution < -0.4 is 0 Å². The highest BCUT2D eigenvalue weighted by atomic mass is 16.6. The summed E-state index contributed by atoms with van der Waals surface area (Å²) in [5.41, 5.74) is 1.57. The molecule has 0 aliphatic carbocycles. The van der Waals surface area contributed by atoms with Crippen molar-refractivity contribution in [1.29, 1.82) is 0 Å². The summed E-state index contributed by atoms with van der Waals surface area (Å²) in [4.78, 5) is 23.1. The van der Waals surface area contributed by atoms with Crippen molar-refractivity contribution >= 4 is 22.2 Å². The lowest BCUT2D eigenvalue weighted by Gasteiger charge is -2.07. The van der Waals surface area contributed by atoms with E-state index in [9.17, 15) is 14.9 Å². The van der Waals surface area contributed by atoms with Crippen LogP contribution in [0.4, 0.5) is 5.69 Å². The molecule has 0 saturated heterocycles. The van der Waals surface area contributed by atoms with Gasteiger partial charge in [0.1, 0.15) is 0 Å². The van der Waals surface area contributed by atoms with Crippen molar-refractivity contribution < 1.29 is 9.72 Å². The second-order valence-corrected chi connectivity index (χ2v) is 5.11. The molecule has 108 valence electrons. The van der Waals surface area contributed by atoms with Crippen molar-refractivity contribution in [1.82, 2.24) is 0 Å². The number of benzene rings is 3. The molecular weight excluding hydrogens is 278 g/mol.